The Labute approximate surface area is 149 Å². The molecule has 2 rings (SSSR count). The highest BCUT2D eigenvalue weighted by Gasteiger charge is 2.20. The van der Waals surface area contributed by atoms with E-state index >= 15 is 0 Å². The third kappa shape index (κ3) is 5.44. The Morgan fingerprint density at radius 2 is 1.83 bits per heavy atom. The summed E-state index contributed by atoms with van der Waals surface area (Å²) in [7, 11) is 0. The van der Waals surface area contributed by atoms with E-state index in [2.05, 4.69) is 5.32 Å². The number of carboxylic acid groups (broad SMARTS) is 1. The first kappa shape index (κ1) is 18.1. The van der Waals surface area contributed by atoms with Gasteiger partial charge in [0, 0.05) is 11.4 Å². The molecule has 0 aromatic heterocycles. The molecule has 0 aliphatic heterocycles. The van der Waals surface area contributed by atoms with Crippen LogP contribution in [0.15, 0.2) is 48.5 Å². The van der Waals surface area contributed by atoms with E-state index < -0.39 is 17.9 Å². The van der Waals surface area contributed by atoms with Crippen LogP contribution in [0, 0.1) is 0 Å². The summed E-state index contributed by atoms with van der Waals surface area (Å²) in [5, 5.41) is 12.4. The fourth-order valence-corrected chi connectivity index (χ4v) is 2.48. The first-order valence-electron chi connectivity index (χ1n) is 7.09. The van der Waals surface area contributed by atoms with Crippen LogP contribution in [0.2, 0.25) is 10.0 Å². The number of ether oxygens (including phenoxy) is 1. The van der Waals surface area contributed by atoms with Gasteiger partial charge in [-0.2, -0.15) is 0 Å². The predicted molar refractivity (Wildman–Crippen MR) is 91.7 cm³/mol. The second-order valence-corrected chi connectivity index (χ2v) is 5.86. The van der Waals surface area contributed by atoms with Crippen LogP contribution < -0.4 is 10.1 Å². The van der Waals surface area contributed by atoms with Crippen LogP contribution in [0.4, 0.5) is 0 Å². The standard InChI is InChI=1S/C17H15Cl2NO4/c18-12-6-7-15(13(19)9-12)24-10-16(21)20-14(17(22)23)8-11-4-2-1-3-5-11/h1-7,9,14H,8,10H2,(H,20,21)(H,22,23). The van der Waals surface area contributed by atoms with Crippen molar-refractivity contribution >= 4 is 35.1 Å². The average molecular weight is 368 g/mol. The number of nitrogens with one attached hydrogen (secondary N) is 1. The van der Waals surface area contributed by atoms with E-state index in [1.807, 2.05) is 18.2 Å². The maximum atomic E-state index is 11.9. The number of carbonyl (C=O) groups excluding carboxylic acids is 1. The van der Waals surface area contributed by atoms with Crippen LogP contribution in [0.25, 0.3) is 0 Å². The lowest BCUT2D eigenvalue weighted by atomic mass is 10.1. The summed E-state index contributed by atoms with van der Waals surface area (Å²) in [6, 6.07) is 12.6. The second-order valence-electron chi connectivity index (χ2n) is 5.01. The fourth-order valence-electron chi connectivity index (χ4n) is 2.02. The predicted octanol–water partition coefficient (Wildman–Crippen LogP) is 3.18. The number of carbonyl (C=O) groups is 2. The molecular formula is C17H15Cl2NO4. The van der Waals surface area contributed by atoms with Crippen molar-refractivity contribution in [2.75, 3.05) is 6.61 Å². The zero-order valence-electron chi connectivity index (χ0n) is 12.5. The highest BCUT2D eigenvalue weighted by atomic mass is 35.5. The summed E-state index contributed by atoms with van der Waals surface area (Å²) < 4.78 is 5.29. The summed E-state index contributed by atoms with van der Waals surface area (Å²) in [5.74, 6) is -1.37. The Bertz CT molecular complexity index is 722. The molecule has 0 heterocycles. The molecule has 0 saturated carbocycles. The number of amides is 1. The molecule has 7 heteroatoms. The van der Waals surface area contributed by atoms with E-state index in [1.165, 1.54) is 12.1 Å². The molecule has 2 aromatic carbocycles. The quantitative estimate of drug-likeness (QED) is 0.787. The van der Waals surface area contributed by atoms with Crippen molar-refractivity contribution in [2.45, 2.75) is 12.5 Å². The van der Waals surface area contributed by atoms with E-state index in [1.54, 1.807) is 18.2 Å². The Morgan fingerprint density at radius 1 is 1.12 bits per heavy atom. The molecule has 0 bridgehead atoms. The van der Waals surface area contributed by atoms with Gasteiger partial charge in [0.25, 0.3) is 5.91 Å². The van der Waals surface area contributed by atoms with Crippen molar-refractivity contribution < 1.29 is 19.4 Å². The number of hydrogen-bond acceptors (Lipinski definition) is 3. The van der Waals surface area contributed by atoms with Crippen LogP contribution in [0.3, 0.4) is 0 Å². The minimum Gasteiger partial charge on any atom is -0.482 e. The molecule has 0 aliphatic rings. The second kappa shape index (κ2) is 8.57. The summed E-state index contributed by atoms with van der Waals surface area (Å²) in [6.45, 7) is -0.347. The molecule has 1 unspecified atom stereocenters. The Hall–Kier alpha value is -2.24. The summed E-state index contributed by atoms with van der Waals surface area (Å²) >= 11 is 11.7. The van der Waals surface area contributed by atoms with Gasteiger partial charge in [0.05, 0.1) is 5.02 Å². The summed E-state index contributed by atoms with van der Waals surface area (Å²) in [5.41, 5.74) is 0.812. The smallest absolute Gasteiger partial charge is 0.326 e. The molecule has 0 fully saturated rings. The molecule has 0 spiro atoms. The Kier molecular flexibility index (Phi) is 6.46. The average Bonchev–Trinajstić information content (AvgIpc) is 2.54. The molecule has 5 nitrogen and oxygen atoms in total. The zero-order chi connectivity index (χ0) is 17.5. The van der Waals surface area contributed by atoms with Gasteiger partial charge in [0.15, 0.2) is 6.61 Å². The number of rotatable bonds is 7. The summed E-state index contributed by atoms with van der Waals surface area (Å²) in [6.07, 6.45) is 0.184. The number of hydrogen-bond donors (Lipinski definition) is 2. The molecule has 1 amide bonds. The topological polar surface area (TPSA) is 75.6 Å². The van der Waals surface area contributed by atoms with Crippen molar-refractivity contribution in [3.8, 4) is 5.75 Å². The maximum Gasteiger partial charge on any atom is 0.326 e. The van der Waals surface area contributed by atoms with Gasteiger partial charge in [-0.3, -0.25) is 4.79 Å². The molecule has 1 atom stereocenters. The van der Waals surface area contributed by atoms with Gasteiger partial charge in [-0.05, 0) is 23.8 Å². The van der Waals surface area contributed by atoms with Gasteiger partial charge >= 0.3 is 5.97 Å². The van der Waals surface area contributed by atoms with Crippen LogP contribution in [0.1, 0.15) is 5.56 Å². The molecule has 0 radical (unpaired) electrons. The van der Waals surface area contributed by atoms with Gasteiger partial charge < -0.3 is 15.2 Å². The zero-order valence-corrected chi connectivity index (χ0v) is 14.1. The van der Waals surface area contributed by atoms with Crippen molar-refractivity contribution in [1.29, 1.82) is 0 Å². The minimum absolute atomic E-state index is 0.184. The minimum atomic E-state index is -1.11. The van der Waals surface area contributed by atoms with Gasteiger partial charge in [-0.15, -0.1) is 0 Å². The van der Waals surface area contributed by atoms with Crippen molar-refractivity contribution in [3.05, 3.63) is 64.1 Å². The molecule has 126 valence electrons. The van der Waals surface area contributed by atoms with Gasteiger partial charge in [0.1, 0.15) is 11.8 Å². The molecule has 24 heavy (non-hydrogen) atoms. The van der Waals surface area contributed by atoms with Gasteiger partial charge in [0.2, 0.25) is 0 Å². The normalized spacial score (nSPS) is 11.6. The number of carboxylic acids is 1. The van der Waals surface area contributed by atoms with E-state index in [0.29, 0.717) is 10.8 Å². The monoisotopic (exact) mass is 367 g/mol. The SMILES string of the molecule is O=C(COc1ccc(Cl)cc1Cl)NC(Cc1ccccc1)C(=O)O. The summed E-state index contributed by atoms with van der Waals surface area (Å²) in [4.78, 5) is 23.2. The lowest BCUT2D eigenvalue weighted by molar-refractivity contribution is -0.142. The molecule has 2 N–H and O–H groups in total. The van der Waals surface area contributed by atoms with Crippen LogP contribution in [-0.4, -0.2) is 29.6 Å². The highest BCUT2D eigenvalue weighted by Crippen LogP contribution is 2.27. The lowest BCUT2D eigenvalue weighted by Gasteiger charge is -2.15. The Balaban J connectivity index is 1.92. The van der Waals surface area contributed by atoms with Gasteiger partial charge in [-0.1, -0.05) is 53.5 Å². The van der Waals surface area contributed by atoms with Crippen molar-refractivity contribution in [2.24, 2.45) is 0 Å². The third-order valence-corrected chi connectivity index (χ3v) is 3.70. The third-order valence-electron chi connectivity index (χ3n) is 3.17. The molecule has 2 aromatic rings. The van der Waals surface area contributed by atoms with Gasteiger partial charge in [-0.25, -0.2) is 4.79 Å². The van der Waals surface area contributed by atoms with Crippen molar-refractivity contribution in [3.63, 3.8) is 0 Å². The number of benzene rings is 2. The van der Waals surface area contributed by atoms with E-state index in [4.69, 9.17) is 27.9 Å². The maximum absolute atomic E-state index is 11.9. The van der Waals surface area contributed by atoms with Crippen LogP contribution >= 0.6 is 23.2 Å². The fraction of sp³-hybridized carbons (Fsp3) is 0.176. The molecule has 0 saturated heterocycles. The number of aliphatic carboxylic acids is 1. The van der Waals surface area contributed by atoms with E-state index in [9.17, 15) is 14.7 Å². The van der Waals surface area contributed by atoms with Crippen LogP contribution in [-0.2, 0) is 16.0 Å². The highest BCUT2D eigenvalue weighted by molar-refractivity contribution is 6.35. The largest absolute Gasteiger partial charge is 0.482 e. The Morgan fingerprint density at radius 3 is 2.46 bits per heavy atom. The molecular weight excluding hydrogens is 353 g/mol. The van der Waals surface area contributed by atoms with E-state index in [-0.39, 0.29) is 18.1 Å². The lowest BCUT2D eigenvalue weighted by Crippen LogP contribution is -2.44. The first-order chi connectivity index (χ1) is 11.5. The van der Waals surface area contributed by atoms with E-state index in [0.717, 1.165) is 5.56 Å². The van der Waals surface area contributed by atoms with Crippen molar-refractivity contribution in [1.82, 2.24) is 5.32 Å². The first-order valence-corrected chi connectivity index (χ1v) is 7.85. The van der Waals surface area contributed by atoms with Crippen LogP contribution in [0.5, 0.6) is 5.75 Å². The number of halogens is 2. The molecule has 0 aliphatic carbocycles.